The third-order valence-corrected chi connectivity index (χ3v) is 5.25. The second kappa shape index (κ2) is 8.80. The van der Waals surface area contributed by atoms with Crippen LogP contribution in [0.1, 0.15) is 74.8 Å². The van der Waals surface area contributed by atoms with E-state index in [1.165, 1.54) is 19.9 Å². The molecule has 0 amide bonds. The first-order valence-electron chi connectivity index (χ1n) is 10.4. The van der Waals surface area contributed by atoms with Gasteiger partial charge in [0.2, 0.25) is 0 Å². The number of benzene rings is 2. The molecule has 1 atom stereocenters. The number of rotatable bonds is 4. The Balaban J connectivity index is 2.07. The highest BCUT2D eigenvalue weighted by molar-refractivity contribution is 6.04. The number of aryl methyl sites for hydroxylation is 1. The Morgan fingerprint density at radius 2 is 1.53 bits per heavy atom. The van der Waals surface area contributed by atoms with Gasteiger partial charge in [-0.2, -0.15) is 0 Å². The van der Waals surface area contributed by atoms with E-state index in [4.69, 9.17) is 28.4 Å². The van der Waals surface area contributed by atoms with Crippen LogP contribution in [0.25, 0.3) is 0 Å². The van der Waals surface area contributed by atoms with Gasteiger partial charge in [-0.25, -0.2) is 9.59 Å². The molecule has 0 saturated carbocycles. The summed E-state index contributed by atoms with van der Waals surface area (Å²) in [5.41, 5.74) is -0.706. The number of fused-ring (bicyclic) bond motifs is 4. The van der Waals surface area contributed by atoms with Crippen LogP contribution >= 0.6 is 0 Å². The molecule has 0 fully saturated rings. The van der Waals surface area contributed by atoms with Crippen LogP contribution in [0.3, 0.4) is 0 Å². The van der Waals surface area contributed by atoms with E-state index in [1.807, 2.05) is 0 Å². The maximum Gasteiger partial charge on any atom is 0.347 e. The van der Waals surface area contributed by atoms with Crippen molar-refractivity contribution in [3.63, 3.8) is 0 Å². The highest BCUT2D eigenvalue weighted by Gasteiger charge is 2.45. The first-order chi connectivity index (χ1) is 16.9. The molecule has 2 aromatic carbocycles. The minimum absolute atomic E-state index is 0.0195. The van der Waals surface area contributed by atoms with Crippen LogP contribution < -0.4 is 18.9 Å². The maximum atomic E-state index is 13.2. The van der Waals surface area contributed by atoms with E-state index in [1.54, 1.807) is 0 Å². The molecule has 0 saturated heterocycles. The molecule has 2 heterocycles. The van der Waals surface area contributed by atoms with Crippen molar-refractivity contribution in [1.82, 2.24) is 0 Å². The largest absolute Gasteiger partial charge is 0.451 e. The first-order valence-corrected chi connectivity index (χ1v) is 10.4. The average molecular weight is 498 g/mol. The minimum atomic E-state index is -1.65. The quantitative estimate of drug-likeness (QED) is 0.345. The number of esters is 5. The highest BCUT2D eigenvalue weighted by atomic mass is 16.7. The average Bonchev–Trinajstić information content (AvgIpc) is 2.97. The molecular formula is C24H18O12. The number of aldehydes is 1. The van der Waals surface area contributed by atoms with Crippen LogP contribution in [-0.4, -0.2) is 36.1 Å². The van der Waals surface area contributed by atoms with Crippen LogP contribution in [0, 0.1) is 13.8 Å². The van der Waals surface area contributed by atoms with Gasteiger partial charge in [0, 0.05) is 26.3 Å². The fourth-order valence-corrected chi connectivity index (χ4v) is 3.92. The Kier molecular flexibility index (Phi) is 5.96. The third-order valence-electron chi connectivity index (χ3n) is 5.25. The van der Waals surface area contributed by atoms with Gasteiger partial charge in [0.25, 0.3) is 6.29 Å². The molecule has 4 rings (SSSR count). The summed E-state index contributed by atoms with van der Waals surface area (Å²) < 4.78 is 32.2. The van der Waals surface area contributed by atoms with E-state index < -0.39 is 36.1 Å². The molecule has 0 aliphatic carbocycles. The van der Waals surface area contributed by atoms with Gasteiger partial charge in [0.1, 0.15) is 22.4 Å². The van der Waals surface area contributed by atoms with Gasteiger partial charge in [-0.15, -0.1) is 0 Å². The summed E-state index contributed by atoms with van der Waals surface area (Å²) in [6.07, 6.45) is -1.33. The van der Waals surface area contributed by atoms with E-state index in [9.17, 15) is 28.8 Å². The lowest BCUT2D eigenvalue weighted by molar-refractivity contribution is -0.165. The van der Waals surface area contributed by atoms with Crippen LogP contribution in [0.5, 0.6) is 28.7 Å². The van der Waals surface area contributed by atoms with Crippen LogP contribution in [0.2, 0.25) is 0 Å². The SMILES string of the molecule is CC(=O)Oc1cc(C)c2c(c1C=O)Oc1c(c(C)c(OC(C)=O)c3c1C(OC(C)=O)OC3=O)OC2=O. The number of carbonyl (C=O) groups excluding carboxylic acids is 6. The summed E-state index contributed by atoms with van der Waals surface area (Å²) in [5, 5.41) is 0. The zero-order valence-electron chi connectivity index (χ0n) is 19.6. The molecule has 1 unspecified atom stereocenters. The third kappa shape index (κ3) is 3.91. The monoisotopic (exact) mass is 498 g/mol. The van der Waals surface area contributed by atoms with Crippen molar-refractivity contribution in [2.45, 2.75) is 40.9 Å². The van der Waals surface area contributed by atoms with Crippen molar-refractivity contribution in [3.8, 4) is 28.7 Å². The molecule has 2 aliphatic heterocycles. The zero-order valence-corrected chi connectivity index (χ0v) is 19.6. The van der Waals surface area contributed by atoms with Crippen LogP contribution in [0.15, 0.2) is 6.07 Å². The molecule has 12 nitrogen and oxygen atoms in total. The second-order valence-electron chi connectivity index (χ2n) is 7.85. The number of ether oxygens (including phenoxy) is 6. The molecule has 2 aliphatic rings. The molecule has 0 aromatic heterocycles. The predicted molar refractivity (Wildman–Crippen MR) is 115 cm³/mol. The topological polar surface area (TPSA) is 158 Å². The maximum absolute atomic E-state index is 13.2. The van der Waals surface area contributed by atoms with Gasteiger partial charge < -0.3 is 28.4 Å². The Bertz CT molecular complexity index is 1400. The van der Waals surface area contributed by atoms with Gasteiger partial charge in [0.15, 0.2) is 29.3 Å². The number of hydrogen-bond acceptors (Lipinski definition) is 12. The Hall–Kier alpha value is -4.74. The summed E-state index contributed by atoms with van der Waals surface area (Å²) in [7, 11) is 0. The molecule has 2 aromatic rings. The lowest BCUT2D eigenvalue weighted by Gasteiger charge is -2.19. The number of carbonyl (C=O) groups is 6. The standard InChI is InChI=1S/C24H18O12/c1-8-6-14(31-10(3)26)13(7-25)20-15(8)22(29)35-19-9(2)18(32-11(4)27)16-17(21(19)34-20)24(33-12(5)28)36-23(16)30/h6-7,24H,1-5H3. The van der Waals surface area contributed by atoms with Crippen molar-refractivity contribution >= 4 is 36.1 Å². The fourth-order valence-electron chi connectivity index (χ4n) is 3.92. The number of hydrogen-bond donors (Lipinski definition) is 0. The normalized spacial score (nSPS) is 15.2. The van der Waals surface area contributed by atoms with Crippen molar-refractivity contribution in [2.24, 2.45) is 0 Å². The second-order valence-corrected chi connectivity index (χ2v) is 7.85. The van der Waals surface area contributed by atoms with E-state index in [2.05, 4.69) is 0 Å². The van der Waals surface area contributed by atoms with Crippen LogP contribution in [0.4, 0.5) is 0 Å². The van der Waals surface area contributed by atoms with Crippen molar-refractivity contribution in [1.29, 1.82) is 0 Å². The number of cyclic esters (lactones) is 1. The predicted octanol–water partition coefficient (Wildman–Crippen LogP) is 3.02. The van der Waals surface area contributed by atoms with E-state index in [0.29, 0.717) is 6.29 Å². The van der Waals surface area contributed by atoms with Gasteiger partial charge in [-0.05, 0) is 25.5 Å². The lowest BCUT2D eigenvalue weighted by atomic mass is 10.0. The van der Waals surface area contributed by atoms with Crippen molar-refractivity contribution in [3.05, 3.63) is 39.4 Å². The Labute approximate surface area is 203 Å². The van der Waals surface area contributed by atoms with Gasteiger partial charge in [-0.1, -0.05) is 0 Å². The molecule has 186 valence electrons. The van der Waals surface area contributed by atoms with E-state index in [0.717, 1.165) is 20.8 Å². The molecule has 0 N–H and O–H groups in total. The summed E-state index contributed by atoms with van der Waals surface area (Å²) >= 11 is 0. The molecule has 0 spiro atoms. The fraction of sp³-hybridized carbons (Fsp3) is 0.250. The van der Waals surface area contributed by atoms with Gasteiger partial charge >= 0.3 is 29.8 Å². The molecule has 0 radical (unpaired) electrons. The molecular weight excluding hydrogens is 480 g/mol. The highest BCUT2D eigenvalue weighted by Crippen LogP contribution is 2.54. The van der Waals surface area contributed by atoms with E-state index in [-0.39, 0.29) is 62.1 Å². The molecule has 0 bridgehead atoms. The summed E-state index contributed by atoms with van der Waals surface area (Å²) in [6, 6.07) is 1.29. The zero-order chi connectivity index (χ0) is 26.5. The van der Waals surface area contributed by atoms with Gasteiger partial charge in [-0.3, -0.25) is 19.2 Å². The Morgan fingerprint density at radius 1 is 0.861 bits per heavy atom. The summed E-state index contributed by atoms with van der Waals surface area (Å²) in [6.45, 7) is 6.18. The molecule has 36 heavy (non-hydrogen) atoms. The Morgan fingerprint density at radius 3 is 2.11 bits per heavy atom. The van der Waals surface area contributed by atoms with Gasteiger partial charge in [0.05, 0.1) is 5.56 Å². The van der Waals surface area contributed by atoms with E-state index >= 15 is 0 Å². The minimum Gasteiger partial charge on any atom is -0.451 e. The van der Waals surface area contributed by atoms with Crippen molar-refractivity contribution < 1.29 is 57.2 Å². The first kappa shape index (κ1) is 24.4. The smallest absolute Gasteiger partial charge is 0.347 e. The lowest BCUT2D eigenvalue weighted by Crippen LogP contribution is -2.13. The molecule has 12 heteroatoms. The van der Waals surface area contributed by atoms with Crippen LogP contribution in [-0.2, 0) is 23.9 Å². The summed E-state index contributed by atoms with van der Waals surface area (Å²) in [4.78, 5) is 73.1. The van der Waals surface area contributed by atoms with Crippen molar-refractivity contribution in [2.75, 3.05) is 0 Å². The summed E-state index contributed by atoms with van der Waals surface area (Å²) in [5.74, 6) is -5.67.